The van der Waals surface area contributed by atoms with Gasteiger partial charge in [0.1, 0.15) is 5.75 Å². The number of hydrogen-bond donors (Lipinski definition) is 3. The van der Waals surface area contributed by atoms with E-state index in [-0.39, 0.29) is 35.7 Å². The number of amides is 1. The van der Waals surface area contributed by atoms with Crippen LogP contribution in [0, 0.1) is 5.82 Å². The van der Waals surface area contributed by atoms with Crippen LogP contribution in [0.2, 0.25) is 0 Å². The largest absolute Gasteiger partial charge is 0.496 e. The van der Waals surface area contributed by atoms with Crippen molar-refractivity contribution in [1.82, 2.24) is 15.3 Å². The molecule has 0 aliphatic rings. The normalized spacial score (nSPS) is 11.1. The van der Waals surface area contributed by atoms with Gasteiger partial charge in [-0.05, 0) is 35.9 Å². The Kier molecular flexibility index (Phi) is 7.28. The molecule has 2 aromatic carbocycles. The lowest BCUT2D eigenvalue weighted by Gasteiger charge is -2.14. The van der Waals surface area contributed by atoms with Crippen molar-refractivity contribution >= 4 is 23.4 Å². The molecule has 3 rings (SSSR count). The maximum Gasteiger partial charge on any atom is 0.420 e. The van der Waals surface area contributed by atoms with Crippen molar-refractivity contribution in [2.75, 3.05) is 25.0 Å². The number of halogens is 4. The highest BCUT2D eigenvalue weighted by atomic mass is 19.4. The summed E-state index contributed by atoms with van der Waals surface area (Å²) in [7, 11) is 2.63. The quantitative estimate of drug-likeness (QED) is 0.337. The summed E-state index contributed by atoms with van der Waals surface area (Å²) in [5.74, 6) is -2.01. The highest BCUT2D eigenvalue weighted by molar-refractivity contribution is 5.94. The molecule has 174 valence electrons. The molecule has 0 bridgehead atoms. The van der Waals surface area contributed by atoms with E-state index in [0.717, 1.165) is 25.4 Å². The Bertz CT molecular complexity index is 1140. The van der Waals surface area contributed by atoms with Gasteiger partial charge in [-0.3, -0.25) is 9.63 Å². The van der Waals surface area contributed by atoms with Crippen LogP contribution in [0.15, 0.2) is 48.7 Å². The van der Waals surface area contributed by atoms with Gasteiger partial charge in [0.25, 0.3) is 5.91 Å². The van der Waals surface area contributed by atoms with Crippen LogP contribution in [0.1, 0.15) is 21.5 Å². The van der Waals surface area contributed by atoms with Crippen LogP contribution in [0.3, 0.4) is 0 Å². The second-order valence-corrected chi connectivity index (χ2v) is 6.60. The van der Waals surface area contributed by atoms with Crippen LogP contribution < -0.4 is 20.9 Å². The third kappa shape index (κ3) is 6.07. The summed E-state index contributed by atoms with van der Waals surface area (Å²) in [6.07, 6.45) is -3.83. The van der Waals surface area contributed by atoms with E-state index in [1.54, 1.807) is 24.3 Å². The van der Waals surface area contributed by atoms with E-state index in [1.165, 1.54) is 13.1 Å². The maximum atomic E-state index is 14.1. The Morgan fingerprint density at radius 2 is 1.94 bits per heavy atom. The van der Waals surface area contributed by atoms with Crippen molar-refractivity contribution in [3.05, 3.63) is 71.2 Å². The summed E-state index contributed by atoms with van der Waals surface area (Å²) in [4.78, 5) is 24.6. The Hall–Kier alpha value is -3.93. The molecule has 3 N–H and O–H groups in total. The second kappa shape index (κ2) is 10.1. The molecule has 1 aromatic heterocycles. The molecule has 0 fully saturated rings. The van der Waals surface area contributed by atoms with Crippen LogP contribution in [0.25, 0.3) is 0 Å². The maximum absolute atomic E-state index is 14.1. The first-order valence-corrected chi connectivity index (χ1v) is 9.45. The summed E-state index contributed by atoms with van der Waals surface area (Å²) >= 11 is 0. The van der Waals surface area contributed by atoms with Gasteiger partial charge in [0.15, 0.2) is 11.6 Å². The Balaban J connectivity index is 1.70. The minimum atomic E-state index is -4.66. The van der Waals surface area contributed by atoms with Crippen LogP contribution in [-0.4, -0.2) is 30.0 Å². The zero-order chi connectivity index (χ0) is 24.0. The molecule has 12 heteroatoms. The van der Waals surface area contributed by atoms with Gasteiger partial charge in [0.05, 0.1) is 25.5 Å². The highest BCUT2D eigenvalue weighted by Gasteiger charge is 2.34. The fourth-order valence-corrected chi connectivity index (χ4v) is 2.78. The number of rotatable bonds is 8. The zero-order valence-electron chi connectivity index (χ0n) is 17.5. The molecule has 0 aliphatic carbocycles. The van der Waals surface area contributed by atoms with Crippen molar-refractivity contribution in [2.45, 2.75) is 12.8 Å². The monoisotopic (exact) mass is 465 g/mol. The summed E-state index contributed by atoms with van der Waals surface area (Å²) in [6.45, 7) is 0.0295. The van der Waals surface area contributed by atoms with E-state index in [9.17, 15) is 22.4 Å². The van der Waals surface area contributed by atoms with Gasteiger partial charge < -0.3 is 15.4 Å². The van der Waals surface area contributed by atoms with Crippen LogP contribution in [0.5, 0.6) is 5.75 Å². The van der Waals surface area contributed by atoms with Gasteiger partial charge >= 0.3 is 6.18 Å². The predicted octanol–water partition coefficient (Wildman–Crippen LogP) is 4.29. The smallest absolute Gasteiger partial charge is 0.420 e. The summed E-state index contributed by atoms with van der Waals surface area (Å²) in [6, 6.07) is 9.86. The number of anilines is 3. The Morgan fingerprint density at radius 3 is 2.64 bits per heavy atom. The molecule has 0 spiro atoms. The van der Waals surface area contributed by atoms with E-state index < -0.39 is 17.6 Å². The lowest BCUT2D eigenvalue weighted by atomic mass is 10.1. The molecule has 0 atom stereocenters. The van der Waals surface area contributed by atoms with Crippen LogP contribution >= 0.6 is 0 Å². The van der Waals surface area contributed by atoms with Gasteiger partial charge in [0, 0.05) is 18.3 Å². The minimum absolute atomic E-state index is 0.0295. The number of hydrogen-bond acceptors (Lipinski definition) is 7. The van der Waals surface area contributed by atoms with E-state index in [0.29, 0.717) is 11.1 Å². The third-order valence-electron chi connectivity index (χ3n) is 4.33. The molecule has 1 amide bonds. The van der Waals surface area contributed by atoms with Gasteiger partial charge in [-0.25, -0.2) is 14.9 Å². The number of alkyl halides is 3. The predicted molar refractivity (Wildman–Crippen MR) is 112 cm³/mol. The lowest BCUT2D eigenvalue weighted by Crippen LogP contribution is -2.17. The number of methoxy groups -OCH3 is 1. The van der Waals surface area contributed by atoms with E-state index in [2.05, 4.69) is 26.1 Å². The van der Waals surface area contributed by atoms with Crippen molar-refractivity contribution in [3.8, 4) is 5.75 Å². The summed E-state index contributed by atoms with van der Waals surface area (Å²) < 4.78 is 58.5. The van der Waals surface area contributed by atoms with Crippen molar-refractivity contribution in [1.29, 1.82) is 0 Å². The number of carbonyl (C=O) groups is 1. The van der Waals surface area contributed by atoms with Gasteiger partial charge in [0.2, 0.25) is 5.95 Å². The van der Waals surface area contributed by atoms with E-state index >= 15 is 0 Å². The lowest BCUT2D eigenvalue weighted by molar-refractivity contribution is -0.138. The first-order chi connectivity index (χ1) is 15.7. The molecule has 3 aromatic rings. The van der Waals surface area contributed by atoms with Crippen molar-refractivity contribution in [3.63, 3.8) is 0 Å². The fraction of sp³-hybridized carbons (Fsp3) is 0.190. The van der Waals surface area contributed by atoms with Gasteiger partial charge in [-0.15, -0.1) is 0 Å². The zero-order valence-corrected chi connectivity index (χ0v) is 17.5. The van der Waals surface area contributed by atoms with Crippen molar-refractivity contribution < 1.29 is 31.9 Å². The molecule has 1 heterocycles. The molecule has 0 unspecified atom stereocenters. The number of benzene rings is 2. The molecule has 0 saturated carbocycles. The van der Waals surface area contributed by atoms with Crippen LogP contribution in [-0.2, 0) is 17.6 Å². The molecule has 8 nitrogen and oxygen atoms in total. The third-order valence-corrected chi connectivity index (χ3v) is 4.33. The van der Waals surface area contributed by atoms with Gasteiger partial charge in [-0.2, -0.15) is 18.2 Å². The topological polar surface area (TPSA) is 97.4 Å². The number of ether oxygens (including phenoxy) is 1. The number of carbonyl (C=O) groups excluding carboxylic acids is 1. The molecule has 0 saturated heterocycles. The first-order valence-electron chi connectivity index (χ1n) is 9.45. The van der Waals surface area contributed by atoms with Crippen LogP contribution in [0.4, 0.5) is 35.0 Å². The average Bonchev–Trinajstić information content (AvgIpc) is 2.80. The van der Waals surface area contributed by atoms with Crippen molar-refractivity contribution in [2.24, 2.45) is 0 Å². The SMILES string of the molecule is CNC(=O)c1cccc(CONc2ncc(F)c(Nc3ccc(OC)c(C(F)(F)F)c3)n2)c1. The highest BCUT2D eigenvalue weighted by Crippen LogP contribution is 2.38. The average molecular weight is 465 g/mol. The summed E-state index contributed by atoms with van der Waals surface area (Å²) in [5.41, 5.74) is 2.47. The Morgan fingerprint density at radius 1 is 1.15 bits per heavy atom. The number of nitrogens with one attached hydrogen (secondary N) is 3. The fourth-order valence-electron chi connectivity index (χ4n) is 2.78. The van der Waals surface area contributed by atoms with E-state index in [1.807, 2.05) is 0 Å². The Labute approximate surface area is 185 Å². The van der Waals surface area contributed by atoms with E-state index in [4.69, 9.17) is 9.57 Å². The standard InChI is InChI=1S/C21H19F4N5O3/c1-26-19(31)13-5-3-4-12(8-13)11-33-30-20-27-10-16(22)18(29-20)28-14-6-7-17(32-2)15(9-14)21(23,24)25/h3-10H,11H2,1-2H3,(H,26,31)(H2,27,28,29,30). The number of aromatic nitrogens is 2. The van der Waals surface area contributed by atoms with Gasteiger partial charge in [-0.1, -0.05) is 12.1 Å². The number of nitrogens with zero attached hydrogens (tertiary/aromatic N) is 2. The molecular formula is C21H19F4N5O3. The minimum Gasteiger partial charge on any atom is -0.496 e. The molecule has 33 heavy (non-hydrogen) atoms. The molecular weight excluding hydrogens is 446 g/mol. The molecule has 0 radical (unpaired) electrons. The second-order valence-electron chi connectivity index (χ2n) is 6.60. The summed E-state index contributed by atoms with van der Waals surface area (Å²) in [5, 5.41) is 5.00. The molecule has 0 aliphatic heterocycles. The first kappa shape index (κ1) is 23.7.